The predicted octanol–water partition coefficient (Wildman–Crippen LogP) is 0.783. The summed E-state index contributed by atoms with van der Waals surface area (Å²) in [5.41, 5.74) is -0.308. The van der Waals surface area contributed by atoms with Crippen molar-refractivity contribution in [3.63, 3.8) is 0 Å². The van der Waals surface area contributed by atoms with E-state index in [0.29, 0.717) is 22.9 Å². The Bertz CT molecular complexity index is 315. The molecule has 0 aliphatic rings. The second-order valence-corrected chi connectivity index (χ2v) is 4.91. The highest BCUT2D eigenvalue weighted by Crippen LogP contribution is 2.25. The highest BCUT2D eigenvalue weighted by atomic mass is 79.9. The SMILES string of the molecule is CC(C)NCC(C)(O)c1c(Br)nnn1C. The van der Waals surface area contributed by atoms with Crippen LogP contribution in [-0.2, 0) is 12.6 Å². The van der Waals surface area contributed by atoms with E-state index >= 15 is 0 Å². The normalized spacial score (nSPS) is 15.7. The Hall–Kier alpha value is -0.460. The predicted molar refractivity (Wildman–Crippen MR) is 61.4 cm³/mol. The average molecular weight is 277 g/mol. The van der Waals surface area contributed by atoms with Crippen molar-refractivity contribution in [3.05, 3.63) is 10.3 Å². The molecule has 0 fully saturated rings. The average Bonchev–Trinajstić information content (AvgIpc) is 2.43. The smallest absolute Gasteiger partial charge is 0.154 e. The van der Waals surface area contributed by atoms with Crippen LogP contribution in [0, 0.1) is 0 Å². The number of rotatable bonds is 4. The largest absolute Gasteiger partial charge is 0.382 e. The van der Waals surface area contributed by atoms with Crippen molar-refractivity contribution < 1.29 is 5.11 Å². The van der Waals surface area contributed by atoms with Crippen molar-refractivity contribution in [2.45, 2.75) is 32.4 Å². The first-order valence-electron chi connectivity index (χ1n) is 4.86. The molecule has 0 saturated heterocycles. The van der Waals surface area contributed by atoms with E-state index in [-0.39, 0.29) is 0 Å². The quantitative estimate of drug-likeness (QED) is 0.854. The van der Waals surface area contributed by atoms with Crippen molar-refractivity contribution in [1.29, 1.82) is 0 Å². The molecule has 1 aromatic heterocycles. The Morgan fingerprint density at radius 2 is 2.20 bits per heavy atom. The minimum Gasteiger partial charge on any atom is -0.382 e. The lowest BCUT2D eigenvalue weighted by atomic mass is 10.0. The number of nitrogens with zero attached hydrogens (tertiary/aromatic N) is 3. The molecule has 1 rings (SSSR count). The molecular weight excluding hydrogens is 260 g/mol. The van der Waals surface area contributed by atoms with Gasteiger partial charge in [0, 0.05) is 19.6 Å². The van der Waals surface area contributed by atoms with Gasteiger partial charge in [0.05, 0.1) is 0 Å². The number of aryl methyl sites for hydroxylation is 1. The van der Waals surface area contributed by atoms with Crippen LogP contribution in [0.4, 0.5) is 0 Å². The fourth-order valence-corrected chi connectivity index (χ4v) is 2.14. The Labute approximate surface area is 98.0 Å². The first kappa shape index (κ1) is 12.6. The molecule has 0 radical (unpaired) electrons. The second kappa shape index (κ2) is 4.59. The molecule has 1 unspecified atom stereocenters. The Kier molecular flexibility index (Phi) is 3.86. The summed E-state index contributed by atoms with van der Waals surface area (Å²) in [6, 6.07) is 0.330. The molecule has 2 N–H and O–H groups in total. The van der Waals surface area contributed by atoms with Gasteiger partial charge in [-0.05, 0) is 22.9 Å². The third-order valence-corrected chi connectivity index (χ3v) is 2.68. The molecule has 0 aliphatic heterocycles. The number of hydrogen-bond acceptors (Lipinski definition) is 4. The van der Waals surface area contributed by atoms with E-state index in [0.717, 1.165) is 0 Å². The zero-order valence-electron chi connectivity index (χ0n) is 9.45. The Balaban J connectivity index is 2.85. The minimum absolute atomic E-state index is 0.330. The third kappa shape index (κ3) is 2.99. The standard InChI is InChI=1S/C9H17BrN4O/c1-6(2)11-5-9(3,15)7-8(10)12-13-14(7)4/h6,11,15H,5H2,1-4H3. The lowest BCUT2D eigenvalue weighted by molar-refractivity contribution is 0.0458. The fourth-order valence-electron chi connectivity index (χ4n) is 1.39. The summed E-state index contributed by atoms with van der Waals surface area (Å²) >= 11 is 3.28. The molecule has 0 saturated carbocycles. The van der Waals surface area contributed by atoms with E-state index < -0.39 is 5.60 Å². The summed E-state index contributed by atoms with van der Waals surface area (Å²) in [5.74, 6) is 0. The first-order chi connectivity index (χ1) is 6.84. The van der Waals surface area contributed by atoms with Crippen LogP contribution in [-0.4, -0.2) is 32.7 Å². The van der Waals surface area contributed by atoms with Crippen molar-refractivity contribution >= 4 is 15.9 Å². The second-order valence-electron chi connectivity index (χ2n) is 4.16. The van der Waals surface area contributed by atoms with Crippen LogP contribution in [0.5, 0.6) is 0 Å². The van der Waals surface area contributed by atoms with Gasteiger partial charge in [-0.3, -0.25) is 0 Å². The number of aromatic nitrogens is 3. The monoisotopic (exact) mass is 276 g/mol. The van der Waals surface area contributed by atoms with Crippen molar-refractivity contribution in [2.75, 3.05) is 6.54 Å². The summed E-state index contributed by atoms with van der Waals surface area (Å²) in [7, 11) is 1.76. The van der Waals surface area contributed by atoms with Gasteiger partial charge in [0.1, 0.15) is 11.3 Å². The topological polar surface area (TPSA) is 63.0 Å². The van der Waals surface area contributed by atoms with Gasteiger partial charge in [0.2, 0.25) is 0 Å². The number of aliphatic hydroxyl groups is 1. The van der Waals surface area contributed by atoms with E-state index in [9.17, 15) is 5.11 Å². The van der Waals surface area contributed by atoms with E-state index in [2.05, 4.69) is 31.6 Å². The van der Waals surface area contributed by atoms with E-state index in [1.807, 2.05) is 13.8 Å². The van der Waals surface area contributed by atoms with Crippen molar-refractivity contribution in [2.24, 2.45) is 7.05 Å². The van der Waals surface area contributed by atoms with Gasteiger partial charge in [-0.25, -0.2) is 4.68 Å². The van der Waals surface area contributed by atoms with Crippen LogP contribution < -0.4 is 5.32 Å². The minimum atomic E-state index is -0.985. The number of nitrogens with one attached hydrogen (secondary N) is 1. The maximum Gasteiger partial charge on any atom is 0.154 e. The molecule has 15 heavy (non-hydrogen) atoms. The number of halogens is 1. The summed E-state index contributed by atoms with van der Waals surface area (Å²) in [6.45, 7) is 6.27. The molecule has 0 bridgehead atoms. The van der Waals surface area contributed by atoms with Crippen LogP contribution in [0.25, 0.3) is 0 Å². The molecule has 5 nitrogen and oxygen atoms in total. The number of hydrogen-bond donors (Lipinski definition) is 2. The highest BCUT2D eigenvalue weighted by molar-refractivity contribution is 9.10. The molecule has 0 spiro atoms. The van der Waals surface area contributed by atoms with Gasteiger partial charge >= 0.3 is 0 Å². The van der Waals surface area contributed by atoms with Gasteiger partial charge in [0.25, 0.3) is 0 Å². The van der Waals surface area contributed by atoms with Crippen LogP contribution >= 0.6 is 15.9 Å². The van der Waals surface area contributed by atoms with E-state index in [4.69, 9.17) is 0 Å². The van der Waals surface area contributed by atoms with Gasteiger partial charge in [-0.1, -0.05) is 19.1 Å². The van der Waals surface area contributed by atoms with Gasteiger partial charge in [0.15, 0.2) is 4.60 Å². The molecule has 0 aromatic carbocycles. The maximum atomic E-state index is 10.3. The molecule has 86 valence electrons. The zero-order valence-corrected chi connectivity index (χ0v) is 11.0. The molecule has 6 heteroatoms. The maximum absolute atomic E-state index is 10.3. The summed E-state index contributed by atoms with van der Waals surface area (Å²) < 4.78 is 2.16. The van der Waals surface area contributed by atoms with E-state index in [1.54, 1.807) is 18.7 Å². The van der Waals surface area contributed by atoms with Crippen LogP contribution in [0.1, 0.15) is 26.5 Å². The lowest BCUT2D eigenvalue weighted by Crippen LogP contribution is -2.40. The molecule has 0 aliphatic carbocycles. The molecule has 1 aromatic rings. The Morgan fingerprint density at radius 1 is 1.60 bits per heavy atom. The fraction of sp³-hybridized carbons (Fsp3) is 0.778. The van der Waals surface area contributed by atoms with Crippen LogP contribution in [0.3, 0.4) is 0 Å². The molecule has 0 amide bonds. The van der Waals surface area contributed by atoms with Gasteiger partial charge in [-0.2, -0.15) is 0 Å². The zero-order chi connectivity index (χ0) is 11.6. The van der Waals surface area contributed by atoms with Crippen LogP contribution in [0.15, 0.2) is 4.60 Å². The first-order valence-corrected chi connectivity index (χ1v) is 5.65. The summed E-state index contributed by atoms with van der Waals surface area (Å²) in [4.78, 5) is 0. The Morgan fingerprint density at radius 3 is 2.60 bits per heavy atom. The van der Waals surface area contributed by atoms with Gasteiger partial charge in [-0.15, -0.1) is 5.10 Å². The molecule has 1 heterocycles. The highest BCUT2D eigenvalue weighted by Gasteiger charge is 2.30. The third-order valence-electron chi connectivity index (χ3n) is 2.15. The van der Waals surface area contributed by atoms with Gasteiger partial charge < -0.3 is 10.4 Å². The summed E-state index contributed by atoms with van der Waals surface area (Å²) in [5, 5.41) is 21.2. The van der Waals surface area contributed by atoms with Crippen LogP contribution in [0.2, 0.25) is 0 Å². The molecule has 1 atom stereocenters. The molecular formula is C9H17BrN4O. The van der Waals surface area contributed by atoms with E-state index in [1.165, 1.54) is 0 Å². The summed E-state index contributed by atoms with van der Waals surface area (Å²) in [6.07, 6.45) is 0. The van der Waals surface area contributed by atoms with Crippen molar-refractivity contribution in [1.82, 2.24) is 20.3 Å². The lowest BCUT2D eigenvalue weighted by Gasteiger charge is -2.25. The van der Waals surface area contributed by atoms with Crippen molar-refractivity contribution in [3.8, 4) is 0 Å².